The second kappa shape index (κ2) is 8.65. The molecule has 1 atom stereocenters. The highest BCUT2D eigenvalue weighted by atomic mass is 35.5. The Bertz CT molecular complexity index is 1030. The summed E-state index contributed by atoms with van der Waals surface area (Å²) in [5.41, 5.74) is 6.50. The lowest BCUT2D eigenvalue weighted by Crippen LogP contribution is -2.19. The number of ether oxygens (including phenoxy) is 1. The molecule has 0 aromatic carbocycles. The normalized spacial score (nSPS) is 11.6. The maximum absolute atomic E-state index is 13.1. The lowest BCUT2D eigenvalue weighted by atomic mass is 10.2. The summed E-state index contributed by atoms with van der Waals surface area (Å²) in [6.07, 6.45) is 3.83. The highest BCUT2D eigenvalue weighted by Gasteiger charge is 2.17. The maximum Gasteiger partial charge on any atom is 0.254 e. The predicted octanol–water partition coefficient (Wildman–Crippen LogP) is 3.08. The molecule has 0 aliphatic rings. The van der Waals surface area contributed by atoms with Crippen molar-refractivity contribution in [3.8, 4) is 5.88 Å². The summed E-state index contributed by atoms with van der Waals surface area (Å²) in [7, 11) is 1.46. The fourth-order valence-electron chi connectivity index (χ4n) is 2.45. The number of hydrogen-bond donors (Lipinski definition) is 3. The molecule has 3 aromatic rings. The van der Waals surface area contributed by atoms with Crippen molar-refractivity contribution in [3.63, 3.8) is 0 Å². The summed E-state index contributed by atoms with van der Waals surface area (Å²) in [4.78, 5) is 28.3. The third-order valence-electron chi connectivity index (χ3n) is 3.86. The summed E-state index contributed by atoms with van der Waals surface area (Å²) in [6, 6.07) is 4.02. The lowest BCUT2D eigenvalue weighted by Gasteiger charge is -2.17. The minimum atomic E-state index is -0.708. The van der Waals surface area contributed by atoms with E-state index in [1.54, 1.807) is 13.0 Å². The smallest absolute Gasteiger partial charge is 0.254 e. The van der Waals surface area contributed by atoms with Crippen LogP contribution >= 0.6 is 11.6 Å². The molecule has 0 radical (unpaired) electrons. The number of halogens is 2. The molecular formula is C18H17ClFN7O2. The molecule has 3 aromatic heterocycles. The number of primary amides is 1. The van der Waals surface area contributed by atoms with Gasteiger partial charge in [0.2, 0.25) is 11.8 Å². The molecule has 0 saturated carbocycles. The Morgan fingerprint density at radius 3 is 2.69 bits per heavy atom. The summed E-state index contributed by atoms with van der Waals surface area (Å²) >= 11 is 5.98. The van der Waals surface area contributed by atoms with Gasteiger partial charge >= 0.3 is 0 Å². The number of methoxy groups -OCH3 is 1. The molecule has 0 aliphatic heterocycles. The number of carbonyl (C=O) groups excluding carboxylic acids is 1. The second-order valence-electron chi connectivity index (χ2n) is 5.92. The first kappa shape index (κ1) is 20.2. The fourth-order valence-corrected chi connectivity index (χ4v) is 2.61. The van der Waals surface area contributed by atoms with Crippen molar-refractivity contribution in [1.82, 2.24) is 19.9 Å². The highest BCUT2D eigenvalue weighted by molar-refractivity contribution is 6.30. The van der Waals surface area contributed by atoms with Crippen LogP contribution < -0.4 is 21.1 Å². The first-order chi connectivity index (χ1) is 13.9. The van der Waals surface area contributed by atoms with Crippen molar-refractivity contribution in [3.05, 3.63) is 58.9 Å². The topological polar surface area (TPSA) is 128 Å². The Labute approximate surface area is 170 Å². The number of aromatic nitrogens is 4. The quantitative estimate of drug-likeness (QED) is 0.535. The zero-order valence-corrected chi connectivity index (χ0v) is 16.2. The minimum Gasteiger partial charge on any atom is -0.480 e. The monoisotopic (exact) mass is 417 g/mol. The van der Waals surface area contributed by atoms with Gasteiger partial charge in [-0.15, -0.1) is 0 Å². The van der Waals surface area contributed by atoms with E-state index in [9.17, 15) is 9.18 Å². The largest absolute Gasteiger partial charge is 0.480 e. The number of amides is 1. The molecule has 1 amide bonds. The molecule has 4 N–H and O–H groups in total. The lowest BCUT2D eigenvalue weighted by molar-refractivity contribution is 0.100. The van der Waals surface area contributed by atoms with Crippen LogP contribution in [0.4, 0.5) is 21.8 Å². The SMILES string of the molecule is COc1ncc(Cl)cc1Nc1ncc(C(N)=O)c(NC(C)c2ccc(F)cn2)n1. The Morgan fingerprint density at radius 1 is 1.24 bits per heavy atom. The maximum atomic E-state index is 13.1. The van der Waals surface area contributed by atoms with Gasteiger partial charge in [0.25, 0.3) is 5.91 Å². The fraction of sp³-hybridized carbons (Fsp3) is 0.167. The summed E-state index contributed by atoms with van der Waals surface area (Å²) in [5, 5.41) is 6.37. The van der Waals surface area contributed by atoms with Crippen molar-refractivity contribution < 1.29 is 13.9 Å². The first-order valence-corrected chi connectivity index (χ1v) is 8.76. The Kier molecular flexibility index (Phi) is 6.03. The zero-order chi connectivity index (χ0) is 21.0. The molecular weight excluding hydrogens is 401 g/mol. The van der Waals surface area contributed by atoms with Crippen molar-refractivity contribution in [1.29, 1.82) is 0 Å². The van der Waals surface area contributed by atoms with Gasteiger partial charge in [0, 0.05) is 12.4 Å². The van der Waals surface area contributed by atoms with Crippen LogP contribution in [0.3, 0.4) is 0 Å². The number of carbonyl (C=O) groups is 1. The van der Waals surface area contributed by atoms with Crippen LogP contribution in [0, 0.1) is 5.82 Å². The Balaban J connectivity index is 1.91. The van der Waals surface area contributed by atoms with Crippen molar-refractivity contribution in [2.45, 2.75) is 13.0 Å². The molecule has 11 heteroatoms. The van der Waals surface area contributed by atoms with Gasteiger partial charge in [0.15, 0.2) is 0 Å². The van der Waals surface area contributed by atoms with E-state index < -0.39 is 11.7 Å². The van der Waals surface area contributed by atoms with Crippen LogP contribution in [0.2, 0.25) is 5.02 Å². The molecule has 150 valence electrons. The van der Waals surface area contributed by atoms with E-state index in [4.69, 9.17) is 22.1 Å². The van der Waals surface area contributed by atoms with E-state index in [-0.39, 0.29) is 29.3 Å². The summed E-state index contributed by atoms with van der Waals surface area (Å²) in [5.74, 6) is -0.534. The van der Waals surface area contributed by atoms with Gasteiger partial charge in [-0.3, -0.25) is 9.78 Å². The van der Waals surface area contributed by atoms with Gasteiger partial charge < -0.3 is 21.1 Å². The van der Waals surface area contributed by atoms with Crippen LogP contribution in [0.1, 0.15) is 29.0 Å². The third-order valence-corrected chi connectivity index (χ3v) is 4.07. The van der Waals surface area contributed by atoms with Crippen LogP contribution in [0.25, 0.3) is 0 Å². The van der Waals surface area contributed by atoms with Crippen LogP contribution in [-0.4, -0.2) is 33.0 Å². The standard InChI is InChI=1S/C18H17ClFN7O2/c1-9(13-4-3-11(20)7-22-13)25-16-12(15(21)28)8-24-18(27-16)26-14-5-10(19)6-23-17(14)29-2/h3-9H,1-2H3,(H2,21,28)(H2,24,25,26,27). The van der Waals surface area contributed by atoms with Gasteiger partial charge in [0.05, 0.1) is 35.6 Å². The summed E-state index contributed by atoms with van der Waals surface area (Å²) < 4.78 is 18.3. The number of pyridine rings is 2. The molecule has 3 rings (SSSR count). The number of nitrogens with one attached hydrogen (secondary N) is 2. The molecule has 0 saturated heterocycles. The molecule has 1 unspecified atom stereocenters. The van der Waals surface area contributed by atoms with Crippen molar-refractivity contribution in [2.75, 3.05) is 17.7 Å². The molecule has 0 spiro atoms. The number of hydrogen-bond acceptors (Lipinski definition) is 8. The van der Waals surface area contributed by atoms with E-state index in [1.165, 1.54) is 31.6 Å². The van der Waals surface area contributed by atoms with Crippen LogP contribution in [0.15, 0.2) is 36.8 Å². The number of anilines is 3. The average molecular weight is 418 g/mol. The molecule has 0 aliphatic carbocycles. The molecule has 9 nitrogen and oxygen atoms in total. The van der Waals surface area contributed by atoms with Gasteiger partial charge in [-0.25, -0.2) is 14.4 Å². The predicted molar refractivity (Wildman–Crippen MR) is 106 cm³/mol. The van der Waals surface area contributed by atoms with Gasteiger partial charge in [-0.1, -0.05) is 11.6 Å². The number of rotatable bonds is 7. The van der Waals surface area contributed by atoms with Gasteiger partial charge in [0.1, 0.15) is 17.3 Å². The van der Waals surface area contributed by atoms with E-state index in [2.05, 4.69) is 30.6 Å². The van der Waals surface area contributed by atoms with Gasteiger partial charge in [-0.05, 0) is 25.1 Å². The second-order valence-corrected chi connectivity index (χ2v) is 6.36. The van der Waals surface area contributed by atoms with Gasteiger partial charge in [-0.2, -0.15) is 4.98 Å². The highest BCUT2D eigenvalue weighted by Crippen LogP contribution is 2.28. The molecule has 29 heavy (non-hydrogen) atoms. The van der Waals surface area contributed by atoms with E-state index in [0.717, 1.165) is 6.20 Å². The molecule has 0 fully saturated rings. The van der Waals surface area contributed by atoms with Crippen LogP contribution in [0.5, 0.6) is 5.88 Å². The molecule has 3 heterocycles. The van der Waals surface area contributed by atoms with E-state index in [0.29, 0.717) is 16.4 Å². The average Bonchev–Trinajstić information content (AvgIpc) is 2.68. The minimum absolute atomic E-state index is 0.0840. The van der Waals surface area contributed by atoms with E-state index >= 15 is 0 Å². The first-order valence-electron chi connectivity index (χ1n) is 8.38. The number of nitrogens with zero attached hydrogens (tertiary/aromatic N) is 4. The van der Waals surface area contributed by atoms with Crippen LogP contribution in [-0.2, 0) is 0 Å². The van der Waals surface area contributed by atoms with Crippen molar-refractivity contribution in [2.24, 2.45) is 5.73 Å². The Hall–Kier alpha value is -3.53. The molecule has 0 bridgehead atoms. The van der Waals surface area contributed by atoms with Crippen molar-refractivity contribution >= 4 is 35.0 Å². The Morgan fingerprint density at radius 2 is 2.03 bits per heavy atom. The number of nitrogens with two attached hydrogens (primary N) is 1. The zero-order valence-electron chi connectivity index (χ0n) is 15.5. The third kappa shape index (κ3) is 4.85. The summed E-state index contributed by atoms with van der Waals surface area (Å²) in [6.45, 7) is 1.78. The van der Waals surface area contributed by atoms with E-state index in [1.807, 2.05) is 0 Å².